The van der Waals surface area contributed by atoms with E-state index in [1.807, 2.05) is 0 Å². The molecule has 12 heavy (non-hydrogen) atoms. The van der Waals surface area contributed by atoms with Crippen molar-refractivity contribution in [2.45, 2.75) is 19.3 Å². The Labute approximate surface area is 73.7 Å². The first-order valence-electron chi connectivity index (χ1n) is 4.99. The van der Waals surface area contributed by atoms with Crippen molar-refractivity contribution >= 4 is 0 Å². The molecule has 0 saturated carbocycles. The molecule has 2 heterocycles. The second kappa shape index (κ2) is 3.73. The van der Waals surface area contributed by atoms with Gasteiger partial charge >= 0.3 is 0 Å². The highest BCUT2D eigenvalue weighted by molar-refractivity contribution is 4.79. The van der Waals surface area contributed by atoms with Crippen LogP contribution in [0.4, 0.5) is 0 Å². The zero-order chi connectivity index (χ0) is 8.39. The molecular formula is C9H18N2O. The molecule has 3 heteroatoms. The van der Waals surface area contributed by atoms with E-state index in [1.165, 1.54) is 37.4 Å². The van der Waals surface area contributed by atoms with E-state index in [9.17, 15) is 0 Å². The predicted molar refractivity (Wildman–Crippen MR) is 47.1 cm³/mol. The summed E-state index contributed by atoms with van der Waals surface area (Å²) in [7, 11) is 0. The Kier molecular flexibility index (Phi) is 2.63. The van der Waals surface area contributed by atoms with Crippen molar-refractivity contribution < 1.29 is 5.21 Å². The summed E-state index contributed by atoms with van der Waals surface area (Å²) < 4.78 is 0. The fraction of sp³-hybridized carbons (Fsp3) is 1.00. The molecule has 0 aromatic heterocycles. The summed E-state index contributed by atoms with van der Waals surface area (Å²) in [4.78, 5) is 0. The number of nitrogens with zero attached hydrogens (tertiary/aromatic N) is 1. The smallest absolute Gasteiger partial charge is 0.0279 e. The summed E-state index contributed by atoms with van der Waals surface area (Å²) in [5, 5.41) is 13.8. The van der Waals surface area contributed by atoms with Gasteiger partial charge in [0.05, 0.1) is 0 Å². The molecule has 2 aliphatic heterocycles. The quantitative estimate of drug-likeness (QED) is 0.640. The summed E-state index contributed by atoms with van der Waals surface area (Å²) in [5.74, 6) is 1.70. The zero-order valence-electron chi connectivity index (χ0n) is 7.50. The molecule has 0 bridgehead atoms. The molecule has 2 N–H and O–H groups in total. The molecule has 0 aliphatic carbocycles. The van der Waals surface area contributed by atoms with Crippen LogP contribution in [-0.4, -0.2) is 36.4 Å². The number of hydroxylamine groups is 2. The van der Waals surface area contributed by atoms with Gasteiger partial charge < -0.3 is 10.5 Å². The SMILES string of the molecule is ON1CC(CC2CCNCC2)C1. The maximum atomic E-state index is 8.97. The van der Waals surface area contributed by atoms with Crippen LogP contribution in [0.3, 0.4) is 0 Å². The summed E-state index contributed by atoms with van der Waals surface area (Å²) >= 11 is 0. The Bertz CT molecular complexity index is 139. The van der Waals surface area contributed by atoms with Gasteiger partial charge in [-0.2, -0.15) is 5.06 Å². The van der Waals surface area contributed by atoms with E-state index >= 15 is 0 Å². The third-order valence-electron chi connectivity index (χ3n) is 3.06. The van der Waals surface area contributed by atoms with Crippen LogP contribution in [-0.2, 0) is 0 Å². The second-order valence-corrected chi connectivity index (χ2v) is 4.17. The van der Waals surface area contributed by atoms with Crippen molar-refractivity contribution in [3.8, 4) is 0 Å². The van der Waals surface area contributed by atoms with E-state index in [1.54, 1.807) is 0 Å². The van der Waals surface area contributed by atoms with E-state index < -0.39 is 0 Å². The van der Waals surface area contributed by atoms with E-state index in [0.717, 1.165) is 24.9 Å². The molecule has 2 fully saturated rings. The number of nitrogens with one attached hydrogen (secondary N) is 1. The van der Waals surface area contributed by atoms with Crippen molar-refractivity contribution in [1.82, 2.24) is 10.4 Å². The van der Waals surface area contributed by atoms with Gasteiger partial charge in [-0.05, 0) is 44.2 Å². The molecule has 2 aliphatic rings. The molecule has 0 atom stereocenters. The first kappa shape index (κ1) is 8.48. The number of rotatable bonds is 2. The minimum atomic E-state index is 0.776. The second-order valence-electron chi connectivity index (χ2n) is 4.17. The largest absolute Gasteiger partial charge is 0.317 e. The fourth-order valence-corrected chi connectivity index (χ4v) is 2.28. The Morgan fingerprint density at radius 1 is 1.17 bits per heavy atom. The Hall–Kier alpha value is -0.120. The van der Waals surface area contributed by atoms with Crippen LogP contribution in [0, 0.1) is 11.8 Å². The minimum Gasteiger partial charge on any atom is -0.317 e. The summed E-state index contributed by atoms with van der Waals surface area (Å²) in [6.45, 7) is 4.20. The highest BCUT2D eigenvalue weighted by atomic mass is 16.5. The van der Waals surface area contributed by atoms with Crippen molar-refractivity contribution in [3.05, 3.63) is 0 Å². The van der Waals surface area contributed by atoms with Crippen molar-refractivity contribution in [2.75, 3.05) is 26.2 Å². The van der Waals surface area contributed by atoms with Gasteiger partial charge in [0.1, 0.15) is 0 Å². The third-order valence-corrected chi connectivity index (χ3v) is 3.06. The molecule has 2 saturated heterocycles. The summed E-state index contributed by atoms with van der Waals surface area (Å²) in [6.07, 6.45) is 4.00. The molecule has 70 valence electrons. The van der Waals surface area contributed by atoms with Gasteiger partial charge in [-0.3, -0.25) is 0 Å². The van der Waals surface area contributed by atoms with E-state index in [2.05, 4.69) is 5.32 Å². The van der Waals surface area contributed by atoms with Crippen LogP contribution in [0.5, 0.6) is 0 Å². The van der Waals surface area contributed by atoms with Crippen molar-refractivity contribution in [3.63, 3.8) is 0 Å². The highest BCUT2D eigenvalue weighted by Crippen LogP contribution is 2.26. The standard InChI is InChI=1S/C9H18N2O/c12-11-6-9(7-11)5-8-1-3-10-4-2-8/h8-10,12H,1-7H2. The van der Waals surface area contributed by atoms with Crippen molar-refractivity contribution in [2.24, 2.45) is 11.8 Å². The van der Waals surface area contributed by atoms with Gasteiger partial charge in [0.25, 0.3) is 0 Å². The molecule has 3 nitrogen and oxygen atoms in total. The lowest BCUT2D eigenvalue weighted by atomic mass is 9.85. The number of hydrogen-bond acceptors (Lipinski definition) is 3. The van der Waals surface area contributed by atoms with E-state index in [4.69, 9.17) is 5.21 Å². The molecule has 0 unspecified atom stereocenters. The topological polar surface area (TPSA) is 35.5 Å². The molecule has 0 aromatic carbocycles. The average Bonchev–Trinajstić information content (AvgIpc) is 2.04. The van der Waals surface area contributed by atoms with Crippen LogP contribution in [0.2, 0.25) is 0 Å². The van der Waals surface area contributed by atoms with Gasteiger partial charge in [-0.1, -0.05) is 0 Å². The normalized spacial score (nSPS) is 28.8. The lowest BCUT2D eigenvalue weighted by Crippen LogP contribution is -2.45. The minimum absolute atomic E-state index is 0.776. The zero-order valence-corrected chi connectivity index (χ0v) is 7.50. The summed E-state index contributed by atoms with van der Waals surface area (Å²) in [5.41, 5.74) is 0. The first-order chi connectivity index (χ1) is 5.84. The Morgan fingerprint density at radius 2 is 1.83 bits per heavy atom. The van der Waals surface area contributed by atoms with Gasteiger partial charge in [-0.15, -0.1) is 0 Å². The van der Waals surface area contributed by atoms with Crippen LogP contribution in [0.1, 0.15) is 19.3 Å². The number of piperidine rings is 1. The van der Waals surface area contributed by atoms with Crippen LogP contribution >= 0.6 is 0 Å². The number of hydrogen-bond donors (Lipinski definition) is 2. The maximum Gasteiger partial charge on any atom is 0.0279 e. The van der Waals surface area contributed by atoms with Gasteiger partial charge in [-0.25, -0.2) is 0 Å². The molecule has 0 spiro atoms. The van der Waals surface area contributed by atoms with Crippen molar-refractivity contribution in [1.29, 1.82) is 0 Å². The van der Waals surface area contributed by atoms with Gasteiger partial charge in [0.15, 0.2) is 0 Å². The first-order valence-corrected chi connectivity index (χ1v) is 4.99. The Morgan fingerprint density at radius 3 is 2.42 bits per heavy atom. The van der Waals surface area contributed by atoms with E-state index in [0.29, 0.717) is 0 Å². The predicted octanol–water partition coefficient (Wildman–Crippen LogP) is 0.697. The summed E-state index contributed by atoms with van der Waals surface area (Å²) in [6, 6.07) is 0. The molecule has 0 radical (unpaired) electrons. The molecule has 2 rings (SSSR count). The Balaban J connectivity index is 1.65. The average molecular weight is 170 g/mol. The molecule has 0 aromatic rings. The molecular weight excluding hydrogens is 152 g/mol. The van der Waals surface area contributed by atoms with Gasteiger partial charge in [0.2, 0.25) is 0 Å². The monoisotopic (exact) mass is 170 g/mol. The van der Waals surface area contributed by atoms with Crippen LogP contribution in [0.15, 0.2) is 0 Å². The molecule has 0 amide bonds. The highest BCUT2D eigenvalue weighted by Gasteiger charge is 2.28. The fourth-order valence-electron chi connectivity index (χ4n) is 2.28. The lowest BCUT2D eigenvalue weighted by molar-refractivity contribution is -0.171. The lowest BCUT2D eigenvalue weighted by Gasteiger charge is -2.37. The maximum absolute atomic E-state index is 8.97. The van der Waals surface area contributed by atoms with Crippen LogP contribution in [0.25, 0.3) is 0 Å². The van der Waals surface area contributed by atoms with Crippen LogP contribution < -0.4 is 5.32 Å². The van der Waals surface area contributed by atoms with E-state index in [-0.39, 0.29) is 0 Å². The van der Waals surface area contributed by atoms with Gasteiger partial charge in [0, 0.05) is 13.1 Å². The third kappa shape index (κ3) is 1.97.